The summed E-state index contributed by atoms with van der Waals surface area (Å²) in [6.45, 7) is 16.7. The first kappa shape index (κ1) is 31.7. The fraction of sp³-hybridized carbons (Fsp3) is 0.811. The standard InChI is InChI=1S/C37H55NO6/c1-22(2)23-12-17-37(32(42)38-21-29(39)40)19-18-35(6)24(30(23)37)10-11-27-34(5)15-14-28(44-31(41)25-9-8-20-43-25)33(3,4)26(34)13-16-36(27,35)7/h8-9,20,22-24,26-28,30H,10-19,21H2,1-7H3,(H,38,42)(H,39,40)/t23?,24?,26?,27?,28-,30?,34+,35-,36-,37+/m1/s1. The average Bonchev–Trinajstić information content (AvgIpc) is 3.63. The van der Waals surface area contributed by atoms with E-state index in [1.165, 1.54) is 12.7 Å². The van der Waals surface area contributed by atoms with Crippen LogP contribution in [0.5, 0.6) is 0 Å². The Bertz CT molecular complexity index is 1290. The van der Waals surface area contributed by atoms with Crippen molar-refractivity contribution in [3.05, 3.63) is 24.2 Å². The molecule has 6 rings (SSSR count). The van der Waals surface area contributed by atoms with E-state index in [1.807, 2.05) is 0 Å². The van der Waals surface area contributed by atoms with Crippen LogP contribution in [0.3, 0.4) is 0 Å². The number of rotatable bonds is 6. The molecule has 7 nitrogen and oxygen atoms in total. The third-order valence-corrected chi connectivity index (χ3v) is 15.1. The van der Waals surface area contributed by atoms with Gasteiger partial charge in [0.25, 0.3) is 0 Å². The molecule has 2 N–H and O–H groups in total. The Morgan fingerprint density at radius 3 is 2.34 bits per heavy atom. The lowest BCUT2D eigenvalue weighted by Crippen LogP contribution is -2.67. The molecule has 1 amide bonds. The lowest BCUT2D eigenvalue weighted by atomic mass is 9.32. The number of nitrogens with one attached hydrogen (secondary N) is 1. The molecule has 0 aliphatic heterocycles. The fourth-order valence-corrected chi connectivity index (χ4v) is 12.9. The molecule has 0 saturated heterocycles. The minimum absolute atomic E-state index is 0.0118. The number of aliphatic carboxylic acids is 1. The largest absolute Gasteiger partial charge is 0.480 e. The van der Waals surface area contributed by atoms with Crippen LogP contribution in [0.1, 0.15) is 123 Å². The zero-order valence-electron chi connectivity index (χ0n) is 28.0. The van der Waals surface area contributed by atoms with E-state index in [4.69, 9.17) is 9.15 Å². The van der Waals surface area contributed by atoms with Crippen LogP contribution in [0.25, 0.3) is 0 Å². The van der Waals surface area contributed by atoms with Gasteiger partial charge in [-0.2, -0.15) is 0 Å². The lowest BCUT2D eigenvalue weighted by molar-refractivity contribution is -0.248. The van der Waals surface area contributed by atoms with E-state index < -0.39 is 11.4 Å². The van der Waals surface area contributed by atoms with Crippen molar-refractivity contribution in [2.45, 2.75) is 119 Å². The first-order valence-electron chi connectivity index (χ1n) is 17.4. The van der Waals surface area contributed by atoms with Crippen molar-refractivity contribution in [1.29, 1.82) is 0 Å². The molecule has 0 radical (unpaired) electrons. The maximum atomic E-state index is 13.9. The summed E-state index contributed by atoms with van der Waals surface area (Å²) in [5.74, 6) is 1.69. The normalized spacial score (nSPS) is 44.1. The molecule has 0 aromatic carbocycles. The van der Waals surface area contributed by atoms with Gasteiger partial charge in [0.2, 0.25) is 11.7 Å². The number of amides is 1. The van der Waals surface area contributed by atoms with Gasteiger partial charge in [0.15, 0.2) is 0 Å². The Kier molecular flexibility index (Phi) is 7.64. The van der Waals surface area contributed by atoms with Crippen LogP contribution in [0.4, 0.5) is 0 Å². The quantitative estimate of drug-likeness (QED) is 0.320. The summed E-state index contributed by atoms with van der Waals surface area (Å²) >= 11 is 0. The van der Waals surface area contributed by atoms with Gasteiger partial charge in [-0.3, -0.25) is 9.59 Å². The zero-order valence-corrected chi connectivity index (χ0v) is 28.0. The Morgan fingerprint density at radius 1 is 0.932 bits per heavy atom. The highest BCUT2D eigenvalue weighted by Gasteiger charge is 2.72. The number of carboxylic acid groups (broad SMARTS) is 1. The van der Waals surface area contributed by atoms with E-state index in [0.717, 1.165) is 57.8 Å². The van der Waals surface area contributed by atoms with Crippen molar-refractivity contribution in [3.63, 3.8) is 0 Å². The van der Waals surface area contributed by atoms with E-state index in [0.29, 0.717) is 35.5 Å². The molecule has 1 aromatic heterocycles. The summed E-state index contributed by atoms with van der Waals surface area (Å²) in [7, 11) is 0. The molecule has 5 fully saturated rings. The van der Waals surface area contributed by atoms with Crippen LogP contribution in [0.15, 0.2) is 22.8 Å². The Labute approximate surface area is 263 Å². The number of ether oxygens (including phenoxy) is 1. The fourth-order valence-electron chi connectivity index (χ4n) is 12.9. The number of hydrogen-bond donors (Lipinski definition) is 2. The van der Waals surface area contributed by atoms with Crippen LogP contribution in [0, 0.1) is 62.6 Å². The third-order valence-electron chi connectivity index (χ3n) is 15.1. The summed E-state index contributed by atoms with van der Waals surface area (Å²) in [5.41, 5.74) is -0.167. The van der Waals surface area contributed by atoms with Gasteiger partial charge in [-0.25, -0.2) is 4.79 Å². The minimum atomic E-state index is -0.975. The summed E-state index contributed by atoms with van der Waals surface area (Å²) in [5, 5.41) is 12.2. The second-order valence-corrected chi connectivity index (χ2v) is 17.1. The van der Waals surface area contributed by atoms with Crippen LogP contribution >= 0.6 is 0 Å². The van der Waals surface area contributed by atoms with Crippen molar-refractivity contribution < 1.29 is 28.6 Å². The van der Waals surface area contributed by atoms with Crippen LogP contribution in [0.2, 0.25) is 0 Å². The van der Waals surface area contributed by atoms with Gasteiger partial charge in [-0.05, 0) is 128 Å². The highest BCUT2D eigenvalue weighted by atomic mass is 16.6. The van der Waals surface area contributed by atoms with Crippen LogP contribution in [-0.4, -0.2) is 35.6 Å². The second-order valence-electron chi connectivity index (χ2n) is 17.1. The van der Waals surface area contributed by atoms with Gasteiger partial charge in [0.1, 0.15) is 12.6 Å². The van der Waals surface area contributed by atoms with Crippen LogP contribution < -0.4 is 5.32 Å². The number of esters is 1. The zero-order chi connectivity index (χ0) is 31.9. The average molecular weight is 610 g/mol. The highest BCUT2D eigenvalue weighted by Crippen LogP contribution is 2.77. The summed E-state index contributed by atoms with van der Waals surface area (Å²) in [6, 6.07) is 3.40. The van der Waals surface area contributed by atoms with Gasteiger partial charge in [0, 0.05) is 5.41 Å². The molecule has 5 aliphatic rings. The van der Waals surface area contributed by atoms with E-state index in [2.05, 4.69) is 53.8 Å². The molecular weight excluding hydrogens is 554 g/mol. The molecule has 44 heavy (non-hydrogen) atoms. The van der Waals surface area contributed by atoms with E-state index in [1.54, 1.807) is 12.1 Å². The molecule has 5 aliphatic carbocycles. The molecule has 1 aromatic rings. The molecule has 244 valence electrons. The van der Waals surface area contributed by atoms with Crippen molar-refractivity contribution in [3.8, 4) is 0 Å². The smallest absolute Gasteiger partial charge is 0.374 e. The summed E-state index contributed by atoms with van der Waals surface area (Å²) in [4.78, 5) is 38.2. The SMILES string of the molecule is CC(C)C1CC[C@]2(C(=O)NCC(=O)O)CC[C@]3(C)C(CCC4[C@@]5(C)CC[C@@H](OC(=O)c6ccco6)C(C)(C)C5CC[C@]43C)C12. The molecule has 1 heterocycles. The number of hydrogen-bond acceptors (Lipinski definition) is 5. The molecular formula is C37H55NO6. The second kappa shape index (κ2) is 10.6. The monoisotopic (exact) mass is 609 g/mol. The number of fused-ring (bicyclic) bond motifs is 7. The van der Waals surface area contributed by atoms with E-state index in [-0.39, 0.29) is 51.9 Å². The lowest BCUT2D eigenvalue weighted by Gasteiger charge is -2.73. The Balaban J connectivity index is 1.29. The molecule has 5 unspecified atom stereocenters. The summed E-state index contributed by atoms with van der Waals surface area (Å²) in [6.07, 6.45) is 11.7. The van der Waals surface area contributed by atoms with Gasteiger partial charge >= 0.3 is 11.9 Å². The number of carbonyl (C=O) groups excluding carboxylic acids is 2. The van der Waals surface area contributed by atoms with Gasteiger partial charge in [-0.1, -0.05) is 48.5 Å². The minimum Gasteiger partial charge on any atom is -0.480 e. The van der Waals surface area contributed by atoms with E-state index >= 15 is 0 Å². The van der Waals surface area contributed by atoms with Crippen molar-refractivity contribution in [2.24, 2.45) is 62.6 Å². The van der Waals surface area contributed by atoms with Crippen molar-refractivity contribution >= 4 is 17.8 Å². The molecule has 5 saturated carbocycles. The summed E-state index contributed by atoms with van der Waals surface area (Å²) < 4.78 is 11.5. The van der Waals surface area contributed by atoms with Gasteiger partial charge in [-0.15, -0.1) is 0 Å². The Morgan fingerprint density at radius 2 is 1.68 bits per heavy atom. The van der Waals surface area contributed by atoms with Gasteiger partial charge < -0.3 is 19.6 Å². The van der Waals surface area contributed by atoms with Crippen molar-refractivity contribution in [1.82, 2.24) is 5.32 Å². The molecule has 7 heteroatoms. The van der Waals surface area contributed by atoms with E-state index in [9.17, 15) is 19.5 Å². The predicted octanol–water partition coefficient (Wildman–Crippen LogP) is 7.74. The van der Waals surface area contributed by atoms with Crippen LogP contribution in [-0.2, 0) is 14.3 Å². The predicted molar refractivity (Wildman–Crippen MR) is 168 cm³/mol. The number of carbonyl (C=O) groups is 3. The molecule has 0 bridgehead atoms. The molecule has 10 atom stereocenters. The highest BCUT2D eigenvalue weighted by molar-refractivity contribution is 5.87. The number of furan rings is 1. The Hall–Kier alpha value is -2.31. The third kappa shape index (κ3) is 4.36. The maximum absolute atomic E-state index is 13.9. The van der Waals surface area contributed by atoms with Crippen molar-refractivity contribution in [2.75, 3.05) is 6.54 Å². The first-order valence-corrected chi connectivity index (χ1v) is 17.4. The first-order chi connectivity index (χ1) is 20.6. The van der Waals surface area contributed by atoms with Gasteiger partial charge in [0.05, 0.1) is 11.7 Å². The topological polar surface area (TPSA) is 106 Å². The molecule has 0 spiro atoms. The maximum Gasteiger partial charge on any atom is 0.374 e. The number of carboxylic acids is 1.